The van der Waals surface area contributed by atoms with Gasteiger partial charge in [-0.05, 0) is 50.2 Å². The highest BCUT2D eigenvalue weighted by Gasteiger charge is 2.37. The number of rotatable bonds is 1. The van der Waals surface area contributed by atoms with E-state index in [4.69, 9.17) is 4.99 Å². The van der Waals surface area contributed by atoms with Gasteiger partial charge in [0.05, 0.1) is 16.7 Å². The first-order chi connectivity index (χ1) is 9.76. The number of benzene rings is 1. The normalized spacial score (nSPS) is 24.8. The van der Waals surface area contributed by atoms with Crippen molar-refractivity contribution in [2.75, 3.05) is 0 Å². The summed E-state index contributed by atoms with van der Waals surface area (Å²) in [6, 6.07) is 6.68. The van der Waals surface area contributed by atoms with Crippen LogP contribution in [0, 0.1) is 0 Å². The van der Waals surface area contributed by atoms with Crippen molar-refractivity contribution in [3.05, 3.63) is 40.2 Å². The summed E-state index contributed by atoms with van der Waals surface area (Å²) < 4.78 is 0. The van der Waals surface area contributed by atoms with Crippen molar-refractivity contribution in [3.8, 4) is 11.3 Å². The number of hydrogen-bond donors (Lipinski definition) is 0. The van der Waals surface area contributed by atoms with Crippen LogP contribution in [-0.2, 0) is 12.8 Å². The van der Waals surface area contributed by atoms with E-state index in [-0.39, 0.29) is 5.54 Å². The molecule has 3 heteroatoms. The first-order valence-corrected chi connectivity index (χ1v) is 8.25. The Kier molecular flexibility index (Phi) is 2.77. The first kappa shape index (κ1) is 12.3. The lowest BCUT2D eigenvalue weighted by molar-refractivity contribution is 0.375. The van der Waals surface area contributed by atoms with Crippen LogP contribution in [0.3, 0.4) is 0 Å². The van der Waals surface area contributed by atoms with E-state index in [0.717, 1.165) is 18.5 Å². The molecule has 1 atom stereocenters. The lowest BCUT2D eigenvalue weighted by Gasteiger charge is -2.33. The molecule has 0 bridgehead atoms. The summed E-state index contributed by atoms with van der Waals surface area (Å²) in [5.41, 5.74) is 8.88. The summed E-state index contributed by atoms with van der Waals surface area (Å²) in [7, 11) is 0. The number of nitrogens with zero attached hydrogens (tertiary/aromatic N) is 2. The maximum Gasteiger partial charge on any atom is 0.0814 e. The molecule has 2 aromatic rings. The number of thiazole rings is 1. The third-order valence-electron chi connectivity index (χ3n) is 4.73. The van der Waals surface area contributed by atoms with E-state index in [9.17, 15) is 0 Å². The largest absolute Gasteiger partial charge is 0.287 e. The molecule has 1 unspecified atom stereocenters. The highest BCUT2D eigenvalue weighted by molar-refractivity contribution is 7.07. The molecule has 0 saturated carbocycles. The van der Waals surface area contributed by atoms with Crippen LogP contribution in [0.5, 0.6) is 0 Å². The Balaban J connectivity index is 1.80. The molecule has 0 amide bonds. The molecule has 0 fully saturated rings. The van der Waals surface area contributed by atoms with Crippen molar-refractivity contribution in [3.63, 3.8) is 0 Å². The average molecular weight is 282 g/mol. The monoisotopic (exact) mass is 282 g/mol. The second-order valence-electron chi connectivity index (χ2n) is 6.07. The number of fused-ring (bicyclic) bond motifs is 1. The van der Waals surface area contributed by atoms with Crippen molar-refractivity contribution in [1.29, 1.82) is 0 Å². The predicted molar refractivity (Wildman–Crippen MR) is 84.6 cm³/mol. The summed E-state index contributed by atoms with van der Waals surface area (Å²) in [4.78, 5) is 9.51. The molecule has 1 aliphatic carbocycles. The predicted octanol–water partition coefficient (Wildman–Crippen LogP) is 4.29. The fraction of sp³-hybridized carbons (Fsp3) is 0.412. The van der Waals surface area contributed by atoms with Crippen molar-refractivity contribution < 1.29 is 0 Å². The van der Waals surface area contributed by atoms with Crippen molar-refractivity contribution in [2.24, 2.45) is 4.99 Å². The van der Waals surface area contributed by atoms with Gasteiger partial charge in [-0.3, -0.25) is 4.99 Å². The van der Waals surface area contributed by atoms with Gasteiger partial charge in [0.1, 0.15) is 0 Å². The van der Waals surface area contributed by atoms with Gasteiger partial charge in [-0.25, -0.2) is 4.98 Å². The molecular weight excluding hydrogens is 264 g/mol. The van der Waals surface area contributed by atoms with Crippen LogP contribution >= 0.6 is 11.3 Å². The van der Waals surface area contributed by atoms with Crippen molar-refractivity contribution in [1.82, 2.24) is 4.98 Å². The van der Waals surface area contributed by atoms with E-state index in [1.165, 1.54) is 41.7 Å². The standard InChI is InChI=1S/C17H18N2S/c1-12-5-7-17(19-12)8-6-13-3-2-4-14(15(13)9-17)16-10-20-11-18-16/h2-4,10-11H,5-9H2,1H3. The van der Waals surface area contributed by atoms with Crippen LogP contribution in [0.2, 0.25) is 0 Å². The minimum atomic E-state index is 0.184. The van der Waals surface area contributed by atoms with Crippen LogP contribution in [0.15, 0.2) is 34.1 Å². The summed E-state index contributed by atoms with van der Waals surface area (Å²) in [5.74, 6) is 0. The molecule has 0 saturated heterocycles. The number of aryl methyl sites for hydroxylation is 1. The smallest absolute Gasteiger partial charge is 0.0814 e. The Morgan fingerprint density at radius 2 is 2.10 bits per heavy atom. The summed E-state index contributed by atoms with van der Waals surface area (Å²) in [6.45, 7) is 2.18. The zero-order valence-electron chi connectivity index (χ0n) is 11.7. The molecule has 4 rings (SSSR count). The Morgan fingerprint density at radius 1 is 1.20 bits per heavy atom. The third-order valence-corrected chi connectivity index (χ3v) is 5.31. The minimum absolute atomic E-state index is 0.184. The average Bonchev–Trinajstić information content (AvgIpc) is 3.09. The van der Waals surface area contributed by atoms with Crippen LogP contribution < -0.4 is 0 Å². The number of hydrogen-bond acceptors (Lipinski definition) is 3. The molecule has 102 valence electrons. The zero-order chi connectivity index (χ0) is 13.6. The van der Waals surface area contributed by atoms with E-state index >= 15 is 0 Å². The SMILES string of the molecule is CC1=NC2(CC1)CCc1cccc(-c3cscn3)c1C2. The Bertz CT molecular complexity index is 672. The Hall–Kier alpha value is -1.48. The van der Waals surface area contributed by atoms with Crippen molar-refractivity contribution >= 4 is 17.0 Å². The lowest BCUT2D eigenvalue weighted by atomic mass is 9.75. The van der Waals surface area contributed by atoms with Gasteiger partial charge < -0.3 is 0 Å². The molecule has 1 spiro atoms. The second kappa shape index (κ2) is 4.52. The highest BCUT2D eigenvalue weighted by Crippen LogP contribution is 2.41. The van der Waals surface area contributed by atoms with Crippen LogP contribution in [0.4, 0.5) is 0 Å². The van der Waals surface area contributed by atoms with Crippen molar-refractivity contribution in [2.45, 2.75) is 44.6 Å². The molecule has 2 aliphatic rings. The van der Waals surface area contributed by atoms with Gasteiger partial charge in [0.2, 0.25) is 0 Å². The molecular formula is C17H18N2S. The van der Waals surface area contributed by atoms with E-state index in [1.807, 2.05) is 5.51 Å². The van der Waals surface area contributed by atoms with Crippen LogP contribution in [-0.4, -0.2) is 16.2 Å². The van der Waals surface area contributed by atoms with Crippen LogP contribution in [0.1, 0.15) is 37.3 Å². The van der Waals surface area contributed by atoms with Gasteiger partial charge in [-0.15, -0.1) is 11.3 Å². The number of aliphatic imine (C=N–C) groups is 1. The quantitative estimate of drug-likeness (QED) is 0.766. The van der Waals surface area contributed by atoms with E-state index in [0.29, 0.717) is 0 Å². The molecule has 2 heterocycles. The van der Waals surface area contributed by atoms with Crippen LogP contribution in [0.25, 0.3) is 11.3 Å². The second-order valence-corrected chi connectivity index (χ2v) is 6.78. The molecule has 0 radical (unpaired) electrons. The maximum atomic E-state index is 5.00. The molecule has 1 aromatic carbocycles. The third kappa shape index (κ3) is 1.92. The zero-order valence-corrected chi connectivity index (χ0v) is 12.5. The summed E-state index contributed by atoms with van der Waals surface area (Å²) in [5, 5.41) is 2.15. The fourth-order valence-electron chi connectivity index (χ4n) is 3.69. The fourth-order valence-corrected chi connectivity index (χ4v) is 4.24. The number of aromatic nitrogens is 1. The lowest BCUT2D eigenvalue weighted by Crippen LogP contribution is -2.32. The molecule has 1 aliphatic heterocycles. The molecule has 20 heavy (non-hydrogen) atoms. The first-order valence-electron chi connectivity index (χ1n) is 7.30. The molecule has 0 N–H and O–H groups in total. The summed E-state index contributed by atoms with van der Waals surface area (Å²) >= 11 is 1.67. The van der Waals surface area contributed by atoms with Gasteiger partial charge in [0.25, 0.3) is 0 Å². The molecule has 1 aromatic heterocycles. The maximum absolute atomic E-state index is 5.00. The Morgan fingerprint density at radius 3 is 2.85 bits per heavy atom. The Labute approximate surface area is 123 Å². The van der Waals surface area contributed by atoms with E-state index in [2.05, 4.69) is 35.5 Å². The van der Waals surface area contributed by atoms with Gasteiger partial charge >= 0.3 is 0 Å². The van der Waals surface area contributed by atoms with Gasteiger partial charge in [0, 0.05) is 16.7 Å². The van der Waals surface area contributed by atoms with Gasteiger partial charge in [-0.1, -0.05) is 18.2 Å². The van der Waals surface area contributed by atoms with Gasteiger partial charge in [0.15, 0.2) is 0 Å². The van der Waals surface area contributed by atoms with E-state index < -0.39 is 0 Å². The topological polar surface area (TPSA) is 25.2 Å². The summed E-state index contributed by atoms with van der Waals surface area (Å²) in [6.07, 6.45) is 5.85. The van der Waals surface area contributed by atoms with E-state index in [1.54, 1.807) is 11.3 Å². The van der Waals surface area contributed by atoms with Gasteiger partial charge in [-0.2, -0.15) is 0 Å². The highest BCUT2D eigenvalue weighted by atomic mass is 32.1. The molecule has 2 nitrogen and oxygen atoms in total. The minimum Gasteiger partial charge on any atom is -0.287 e.